The zero-order valence-electron chi connectivity index (χ0n) is 22.4. The molecule has 2 rings (SSSR count). The lowest BCUT2D eigenvalue weighted by atomic mass is 10.1. The fourth-order valence-electron chi connectivity index (χ4n) is 3.84. The van der Waals surface area contributed by atoms with E-state index in [4.69, 9.17) is 10.2 Å². The number of aliphatic carboxylic acids is 1. The Morgan fingerprint density at radius 3 is 1.65 bits per heavy atom. The fourth-order valence-corrected chi connectivity index (χ4v) is 3.84. The van der Waals surface area contributed by atoms with E-state index in [9.17, 15) is 15.0 Å². The molecule has 0 spiro atoms. The highest BCUT2D eigenvalue weighted by Gasteiger charge is 1.97. The Morgan fingerprint density at radius 1 is 0.622 bits per heavy atom. The van der Waals surface area contributed by atoms with Crippen molar-refractivity contribution in [2.24, 2.45) is 0 Å². The summed E-state index contributed by atoms with van der Waals surface area (Å²) in [4.78, 5) is 10.3. The number of allylic oxidation sites excluding steroid dienone is 2. The van der Waals surface area contributed by atoms with Gasteiger partial charge in [-0.15, -0.1) is 0 Å². The standard InChI is InChI=1S/C18H34O2.C14H12O3/c1-2-3-4-5-6-7-8-9-10-11-12-13-14-15-16-17-18(19)20;15-12-5-3-10(4-6-12)1-2-11-7-13(16)9-14(17)8-11/h9-10H,2-8,11-17H2,1H3,(H,19,20);1-9,15-17H/b10-9-;. The van der Waals surface area contributed by atoms with Crippen molar-refractivity contribution in [3.63, 3.8) is 0 Å². The Kier molecular flexibility index (Phi) is 18.0. The predicted molar refractivity (Wildman–Crippen MR) is 154 cm³/mol. The lowest BCUT2D eigenvalue weighted by molar-refractivity contribution is -0.137. The third kappa shape index (κ3) is 18.7. The Labute approximate surface area is 223 Å². The van der Waals surface area contributed by atoms with Crippen molar-refractivity contribution in [3.05, 3.63) is 65.7 Å². The molecule has 0 amide bonds. The van der Waals surface area contributed by atoms with Crippen LogP contribution >= 0.6 is 0 Å². The molecule has 0 radical (unpaired) electrons. The van der Waals surface area contributed by atoms with Gasteiger partial charge in [0, 0.05) is 12.5 Å². The number of phenols is 3. The fraction of sp³-hybridized carbons (Fsp3) is 0.469. The first-order chi connectivity index (χ1) is 17.9. The Hall–Kier alpha value is -3.21. The summed E-state index contributed by atoms with van der Waals surface area (Å²) < 4.78 is 0. The maximum atomic E-state index is 10.3. The Morgan fingerprint density at radius 2 is 1.11 bits per heavy atom. The predicted octanol–water partition coefficient (Wildman–Crippen LogP) is 9.08. The van der Waals surface area contributed by atoms with Crippen LogP contribution in [-0.2, 0) is 4.79 Å². The van der Waals surface area contributed by atoms with Gasteiger partial charge in [-0.05, 0) is 67.5 Å². The Balaban J connectivity index is 0.000000373. The van der Waals surface area contributed by atoms with Gasteiger partial charge in [-0.1, -0.05) is 94.7 Å². The van der Waals surface area contributed by atoms with E-state index in [1.54, 1.807) is 42.5 Å². The van der Waals surface area contributed by atoms with Crippen LogP contribution in [0.1, 0.15) is 108 Å². The average Bonchev–Trinajstić information content (AvgIpc) is 2.86. The molecule has 204 valence electrons. The van der Waals surface area contributed by atoms with Gasteiger partial charge in [0.25, 0.3) is 0 Å². The largest absolute Gasteiger partial charge is 0.508 e. The van der Waals surface area contributed by atoms with Gasteiger partial charge in [0.15, 0.2) is 0 Å². The molecule has 0 heterocycles. The van der Waals surface area contributed by atoms with Crippen LogP contribution in [0.2, 0.25) is 0 Å². The van der Waals surface area contributed by atoms with Gasteiger partial charge < -0.3 is 20.4 Å². The molecule has 0 bridgehead atoms. The molecule has 5 nitrogen and oxygen atoms in total. The molecule has 2 aromatic rings. The molecule has 0 aromatic heterocycles. The zero-order chi connectivity index (χ0) is 27.1. The van der Waals surface area contributed by atoms with E-state index in [0.29, 0.717) is 12.0 Å². The molecule has 0 aliphatic heterocycles. The van der Waals surface area contributed by atoms with Crippen LogP contribution in [0.25, 0.3) is 12.2 Å². The summed E-state index contributed by atoms with van der Waals surface area (Å²) in [5, 5.41) is 36.2. The van der Waals surface area contributed by atoms with Crippen LogP contribution in [0.3, 0.4) is 0 Å². The topological polar surface area (TPSA) is 98.0 Å². The molecule has 0 saturated heterocycles. The lowest BCUT2D eigenvalue weighted by Gasteiger charge is -1.99. The van der Waals surface area contributed by atoms with Gasteiger partial charge in [0.2, 0.25) is 0 Å². The highest BCUT2D eigenvalue weighted by atomic mass is 16.4. The summed E-state index contributed by atoms with van der Waals surface area (Å²) in [6.07, 6.45) is 24.8. The second-order valence-corrected chi connectivity index (χ2v) is 9.44. The van der Waals surface area contributed by atoms with Crippen molar-refractivity contribution in [1.29, 1.82) is 0 Å². The van der Waals surface area contributed by atoms with Crippen molar-refractivity contribution in [2.75, 3.05) is 0 Å². The molecule has 4 N–H and O–H groups in total. The smallest absolute Gasteiger partial charge is 0.303 e. The summed E-state index contributed by atoms with van der Waals surface area (Å²) in [5.74, 6) is -0.398. The maximum Gasteiger partial charge on any atom is 0.303 e. The quantitative estimate of drug-likeness (QED) is 0.0966. The van der Waals surface area contributed by atoms with Gasteiger partial charge in [0.05, 0.1) is 0 Å². The number of benzene rings is 2. The van der Waals surface area contributed by atoms with E-state index in [2.05, 4.69) is 19.1 Å². The number of hydrogen-bond acceptors (Lipinski definition) is 4. The summed E-state index contributed by atoms with van der Waals surface area (Å²) in [6, 6.07) is 11.1. The number of phenolic OH excluding ortho intramolecular Hbond substituents is 3. The summed E-state index contributed by atoms with van der Waals surface area (Å²) >= 11 is 0. The molecule has 0 aliphatic carbocycles. The third-order valence-electron chi connectivity index (χ3n) is 5.94. The van der Waals surface area contributed by atoms with Crippen LogP contribution in [0.5, 0.6) is 17.2 Å². The summed E-state index contributed by atoms with van der Waals surface area (Å²) in [5.41, 5.74) is 1.63. The first-order valence-corrected chi connectivity index (χ1v) is 13.8. The number of hydrogen-bond donors (Lipinski definition) is 4. The number of carboxylic acid groups (broad SMARTS) is 1. The minimum absolute atomic E-state index is 0.0235. The average molecular weight is 511 g/mol. The second kappa shape index (κ2) is 20.9. The number of carbonyl (C=O) groups is 1. The van der Waals surface area contributed by atoms with Crippen molar-refractivity contribution in [2.45, 2.75) is 96.8 Å². The Bertz CT molecular complexity index is 895. The van der Waals surface area contributed by atoms with Crippen molar-refractivity contribution >= 4 is 18.1 Å². The SMILES string of the molecule is CCCCCCCC/C=C\CCCCCCCC(=O)O.Oc1ccc(C=Cc2cc(O)cc(O)c2)cc1. The summed E-state index contributed by atoms with van der Waals surface area (Å²) in [6.45, 7) is 2.26. The molecule has 37 heavy (non-hydrogen) atoms. The highest BCUT2D eigenvalue weighted by molar-refractivity contribution is 5.71. The normalized spacial score (nSPS) is 11.1. The monoisotopic (exact) mass is 510 g/mol. The molecular weight excluding hydrogens is 464 g/mol. The van der Waals surface area contributed by atoms with Crippen molar-refractivity contribution < 1.29 is 25.2 Å². The molecular formula is C32H46O5. The molecule has 0 atom stereocenters. The lowest BCUT2D eigenvalue weighted by Crippen LogP contribution is -1.93. The van der Waals surface area contributed by atoms with Gasteiger partial charge in [-0.3, -0.25) is 4.79 Å². The first-order valence-electron chi connectivity index (χ1n) is 13.8. The zero-order valence-corrected chi connectivity index (χ0v) is 22.4. The molecule has 0 unspecified atom stereocenters. The molecule has 2 aromatic carbocycles. The van der Waals surface area contributed by atoms with E-state index in [1.807, 2.05) is 6.08 Å². The van der Waals surface area contributed by atoms with Crippen LogP contribution in [-0.4, -0.2) is 26.4 Å². The summed E-state index contributed by atoms with van der Waals surface area (Å²) in [7, 11) is 0. The molecule has 5 heteroatoms. The van der Waals surface area contributed by atoms with E-state index in [-0.39, 0.29) is 17.2 Å². The molecule has 0 fully saturated rings. The van der Waals surface area contributed by atoms with Gasteiger partial charge >= 0.3 is 5.97 Å². The van der Waals surface area contributed by atoms with Crippen LogP contribution < -0.4 is 0 Å². The van der Waals surface area contributed by atoms with Crippen LogP contribution in [0, 0.1) is 0 Å². The van der Waals surface area contributed by atoms with E-state index in [1.165, 1.54) is 76.7 Å². The number of rotatable bonds is 17. The van der Waals surface area contributed by atoms with E-state index < -0.39 is 5.97 Å². The minimum atomic E-state index is -0.664. The highest BCUT2D eigenvalue weighted by Crippen LogP contribution is 2.22. The first kappa shape index (κ1) is 31.8. The van der Waals surface area contributed by atoms with Gasteiger partial charge in [-0.2, -0.15) is 0 Å². The number of unbranched alkanes of at least 4 members (excludes halogenated alkanes) is 11. The second-order valence-electron chi connectivity index (χ2n) is 9.44. The van der Waals surface area contributed by atoms with Crippen LogP contribution in [0.15, 0.2) is 54.6 Å². The van der Waals surface area contributed by atoms with E-state index >= 15 is 0 Å². The van der Waals surface area contributed by atoms with Crippen molar-refractivity contribution in [1.82, 2.24) is 0 Å². The number of carboxylic acids is 1. The van der Waals surface area contributed by atoms with Gasteiger partial charge in [0.1, 0.15) is 17.2 Å². The minimum Gasteiger partial charge on any atom is -0.508 e. The molecule has 0 saturated carbocycles. The van der Waals surface area contributed by atoms with E-state index in [0.717, 1.165) is 18.4 Å². The number of aromatic hydroxyl groups is 3. The van der Waals surface area contributed by atoms with Gasteiger partial charge in [-0.25, -0.2) is 0 Å². The molecule has 0 aliphatic rings. The van der Waals surface area contributed by atoms with Crippen LogP contribution in [0.4, 0.5) is 0 Å². The maximum absolute atomic E-state index is 10.3. The van der Waals surface area contributed by atoms with Crippen molar-refractivity contribution in [3.8, 4) is 17.2 Å². The third-order valence-corrected chi connectivity index (χ3v) is 5.94.